The van der Waals surface area contributed by atoms with Crippen LogP contribution in [0.5, 0.6) is 0 Å². The fourth-order valence-electron chi connectivity index (χ4n) is 6.72. The molecule has 0 bridgehead atoms. The Hall–Kier alpha value is -6.06. The van der Waals surface area contributed by atoms with Gasteiger partial charge in [0.15, 0.2) is 0 Å². The number of rotatable bonds is 8. The number of piperazine rings is 1. The lowest BCUT2D eigenvalue weighted by molar-refractivity contribution is -0.120. The molecule has 1 aromatic heterocycles. The number of hydrogen-bond acceptors (Lipinski definition) is 7. The number of nitrogens with zero attached hydrogens (tertiary/aromatic N) is 4. The van der Waals surface area contributed by atoms with E-state index in [1.165, 1.54) is 12.0 Å². The summed E-state index contributed by atoms with van der Waals surface area (Å²) in [6.45, 7) is 4.31. The number of benzene rings is 5. The van der Waals surface area contributed by atoms with E-state index in [2.05, 4.69) is 61.2 Å². The molecule has 9 heteroatoms. The highest BCUT2D eigenvalue weighted by atomic mass is 16.2. The third-order valence-corrected chi connectivity index (χ3v) is 9.25. The Bertz CT molecular complexity index is 2120. The normalized spacial score (nSPS) is 14.8. The predicted molar refractivity (Wildman–Crippen MR) is 194 cm³/mol. The number of carbonyl (C=O) groups excluding carboxylic acids is 2. The Labute approximate surface area is 284 Å². The van der Waals surface area contributed by atoms with Gasteiger partial charge in [0.05, 0.1) is 5.52 Å². The van der Waals surface area contributed by atoms with Crippen molar-refractivity contribution in [2.24, 2.45) is 0 Å². The van der Waals surface area contributed by atoms with Gasteiger partial charge in [-0.2, -0.15) is 0 Å². The summed E-state index contributed by atoms with van der Waals surface area (Å²) in [6, 6.07) is 38.5. The average molecular weight is 646 g/mol. The number of aromatic nitrogens is 2. The van der Waals surface area contributed by atoms with Crippen molar-refractivity contribution in [1.29, 1.82) is 0 Å². The van der Waals surface area contributed by atoms with Crippen LogP contribution in [0.1, 0.15) is 27.5 Å². The summed E-state index contributed by atoms with van der Waals surface area (Å²) < 4.78 is 0. The molecule has 3 N–H and O–H groups in total. The Kier molecular flexibility index (Phi) is 8.17. The number of nitrogens with one attached hydrogen (secondary N) is 3. The van der Waals surface area contributed by atoms with Crippen LogP contribution in [-0.2, 0) is 11.3 Å². The maximum atomic E-state index is 14.0. The monoisotopic (exact) mass is 645 g/mol. The number of amides is 2. The molecule has 0 spiro atoms. The summed E-state index contributed by atoms with van der Waals surface area (Å²) in [5.41, 5.74) is 7.94. The first-order valence-electron chi connectivity index (χ1n) is 16.5. The highest BCUT2D eigenvalue weighted by Gasteiger charge is 2.37. The van der Waals surface area contributed by atoms with Crippen molar-refractivity contribution in [3.8, 4) is 11.1 Å². The summed E-state index contributed by atoms with van der Waals surface area (Å²) in [4.78, 5) is 40.7. The van der Waals surface area contributed by atoms with E-state index in [4.69, 9.17) is 0 Å². The molecule has 242 valence electrons. The lowest BCUT2D eigenvalue weighted by atomic mass is 10.00. The Morgan fingerprint density at radius 3 is 2.27 bits per heavy atom. The zero-order valence-corrected chi connectivity index (χ0v) is 26.8. The maximum absolute atomic E-state index is 14.0. The molecule has 8 rings (SSSR count). The molecule has 1 fully saturated rings. The Balaban J connectivity index is 1.00. The van der Waals surface area contributed by atoms with Crippen molar-refractivity contribution >= 4 is 45.6 Å². The summed E-state index contributed by atoms with van der Waals surface area (Å²) in [6.07, 6.45) is 1.54. The Morgan fingerprint density at radius 2 is 1.47 bits per heavy atom. The van der Waals surface area contributed by atoms with Crippen LogP contribution in [-0.4, -0.2) is 52.9 Å². The third kappa shape index (κ3) is 6.19. The van der Waals surface area contributed by atoms with Gasteiger partial charge in [-0.15, -0.1) is 0 Å². The first-order chi connectivity index (χ1) is 24.1. The van der Waals surface area contributed by atoms with Crippen molar-refractivity contribution in [2.45, 2.75) is 12.6 Å². The quantitative estimate of drug-likeness (QED) is 0.168. The average Bonchev–Trinajstić information content (AvgIpc) is 3.48. The predicted octanol–water partition coefficient (Wildman–Crippen LogP) is 6.79. The number of para-hydroxylation sites is 1. The Morgan fingerprint density at radius 1 is 0.755 bits per heavy atom. The van der Waals surface area contributed by atoms with Crippen molar-refractivity contribution < 1.29 is 9.59 Å². The fourth-order valence-corrected chi connectivity index (χ4v) is 6.72. The summed E-state index contributed by atoms with van der Waals surface area (Å²) in [5, 5.41) is 10.7. The van der Waals surface area contributed by atoms with E-state index in [0.29, 0.717) is 23.6 Å². The number of carbonyl (C=O) groups is 2. The number of hydrogen-bond donors (Lipinski definition) is 3. The topological polar surface area (TPSA) is 102 Å². The molecule has 5 aromatic carbocycles. The first kappa shape index (κ1) is 30.3. The largest absolute Gasteiger partial charge is 0.369 e. The first-order valence-corrected chi connectivity index (χ1v) is 16.5. The molecule has 2 amide bonds. The standard InChI is InChI=1S/C40H35N7O2/c48-39(45-32-15-13-31(14-16-32)44-38-35-8-4-5-9-36(35)42-26-43-38)37(28-6-2-1-3-7-28)47-25-30-24-29(12-19-34(30)40(47)49)27-10-17-33(18-11-27)46-22-20-41-21-23-46/h1-19,24,26,37,41H,20-23,25H2,(H,45,48)(H,42,43,44). The molecule has 2 aliphatic heterocycles. The number of anilines is 4. The highest BCUT2D eigenvalue weighted by Crippen LogP contribution is 2.35. The summed E-state index contributed by atoms with van der Waals surface area (Å²) in [7, 11) is 0. The molecule has 6 aromatic rings. The van der Waals surface area contributed by atoms with Crippen molar-refractivity contribution in [2.75, 3.05) is 41.7 Å². The molecule has 1 atom stereocenters. The molecular formula is C40H35N7O2. The van der Waals surface area contributed by atoms with Crippen LogP contribution in [0, 0.1) is 0 Å². The van der Waals surface area contributed by atoms with Crippen LogP contribution in [0.25, 0.3) is 22.0 Å². The number of fused-ring (bicyclic) bond motifs is 2. The van der Waals surface area contributed by atoms with E-state index in [1.807, 2.05) is 91.0 Å². The molecule has 2 aliphatic rings. The van der Waals surface area contributed by atoms with Crippen LogP contribution < -0.4 is 20.9 Å². The van der Waals surface area contributed by atoms with Gasteiger partial charge in [-0.3, -0.25) is 9.59 Å². The lowest BCUT2D eigenvalue weighted by Crippen LogP contribution is -2.43. The van der Waals surface area contributed by atoms with Crippen molar-refractivity contribution in [3.63, 3.8) is 0 Å². The fraction of sp³-hybridized carbons (Fsp3) is 0.150. The van der Waals surface area contributed by atoms with Gasteiger partial charge in [0, 0.05) is 60.7 Å². The van der Waals surface area contributed by atoms with Crippen molar-refractivity contribution in [3.05, 3.63) is 144 Å². The van der Waals surface area contributed by atoms with Crippen LogP contribution in [0.4, 0.5) is 22.9 Å². The van der Waals surface area contributed by atoms with Gasteiger partial charge in [-0.05, 0) is 82.9 Å². The second-order valence-electron chi connectivity index (χ2n) is 12.3. The van der Waals surface area contributed by atoms with Crippen LogP contribution >= 0.6 is 0 Å². The molecule has 1 saturated heterocycles. The van der Waals surface area contributed by atoms with E-state index >= 15 is 0 Å². The molecule has 0 radical (unpaired) electrons. The van der Waals surface area contributed by atoms with Crippen molar-refractivity contribution in [1.82, 2.24) is 20.2 Å². The van der Waals surface area contributed by atoms with Gasteiger partial charge in [-0.25, -0.2) is 9.97 Å². The molecule has 49 heavy (non-hydrogen) atoms. The summed E-state index contributed by atoms with van der Waals surface area (Å²) >= 11 is 0. The van der Waals surface area contributed by atoms with E-state index < -0.39 is 6.04 Å². The molecule has 0 saturated carbocycles. The van der Waals surface area contributed by atoms with E-state index in [0.717, 1.165) is 65.0 Å². The SMILES string of the molecule is O=C(Nc1ccc(Nc2ncnc3ccccc23)cc1)C(c1ccccc1)N1Cc2cc(-c3ccc(N4CCNCC4)cc3)ccc2C1=O. The minimum Gasteiger partial charge on any atom is -0.369 e. The zero-order chi connectivity index (χ0) is 33.2. The third-order valence-electron chi connectivity index (χ3n) is 9.25. The van der Waals surface area contributed by atoms with Crippen LogP contribution in [0.3, 0.4) is 0 Å². The van der Waals surface area contributed by atoms with Gasteiger partial charge in [-0.1, -0.05) is 60.7 Å². The van der Waals surface area contributed by atoms with Crippen LogP contribution in [0.2, 0.25) is 0 Å². The minimum absolute atomic E-state index is 0.156. The van der Waals surface area contributed by atoms with E-state index in [1.54, 1.807) is 4.90 Å². The van der Waals surface area contributed by atoms with Gasteiger partial charge in [0.25, 0.3) is 11.8 Å². The molecular weight excluding hydrogens is 610 g/mol. The van der Waals surface area contributed by atoms with E-state index in [-0.39, 0.29) is 11.8 Å². The van der Waals surface area contributed by atoms with Gasteiger partial charge in [0.1, 0.15) is 18.2 Å². The molecule has 3 heterocycles. The van der Waals surface area contributed by atoms with Gasteiger partial charge >= 0.3 is 0 Å². The second kappa shape index (κ2) is 13.2. The van der Waals surface area contributed by atoms with Gasteiger partial charge < -0.3 is 25.8 Å². The van der Waals surface area contributed by atoms with E-state index in [9.17, 15) is 9.59 Å². The zero-order valence-electron chi connectivity index (χ0n) is 26.8. The highest BCUT2D eigenvalue weighted by molar-refractivity contribution is 6.04. The molecule has 9 nitrogen and oxygen atoms in total. The minimum atomic E-state index is -0.812. The second-order valence-corrected chi connectivity index (χ2v) is 12.3. The van der Waals surface area contributed by atoms with Crippen LogP contribution in [0.15, 0.2) is 128 Å². The smallest absolute Gasteiger partial charge is 0.255 e. The van der Waals surface area contributed by atoms with Gasteiger partial charge in [0.2, 0.25) is 0 Å². The summed E-state index contributed by atoms with van der Waals surface area (Å²) in [5.74, 6) is 0.267. The molecule has 0 aliphatic carbocycles. The molecule has 1 unspecified atom stereocenters. The maximum Gasteiger partial charge on any atom is 0.255 e. The lowest BCUT2D eigenvalue weighted by Gasteiger charge is -2.29.